The maximum atomic E-state index is 15.6. The Labute approximate surface area is 189 Å². The second kappa shape index (κ2) is 7.38. The average molecular weight is 455 g/mol. The van der Waals surface area contributed by atoms with Crippen LogP contribution in [0, 0.1) is 5.82 Å². The summed E-state index contributed by atoms with van der Waals surface area (Å²) >= 11 is 1.36. The van der Waals surface area contributed by atoms with Crippen molar-refractivity contribution < 1.29 is 9.18 Å². The van der Waals surface area contributed by atoms with E-state index >= 15 is 4.39 Å². The van der Waals surface area contributed by atoms with E-state index < -0.39 is 5.82 Å². The van der Waals surface area contributed by atoms with E-state index in [9.17, 15) is 4.79 Å². The van der Waals surface area contributed by atoms with Crippen LogP contribution in [-0.4, -0.2) is 40.9 Å². The van der Waals surface area contributed by atoms with E-state index in [-0.39, 0.29) is 11.2 Å². The highest BCUT2D eigenvalue weighted by Crippen LogP contribution is 2.35. The number of pyridine rings is 3. The van der Waals surface area contributed by atoms with Gasteiger partial charge in [-0.05, 0) is 31.2 Å². The van der Waals surface area contributed by atoms with Crippen LogP contribution < -0.4 is 0 Å². The third-order valence-electron chi connectivity index (χ3n) is 5.31. The van der Waals surface area contributed by atoms with Crippen molar-refractivity contribution in [2.45, 2.75) is 6.92 Å². The number of halogens is 1. The first-order valence-corrected chi connectivity index (χ1v) is 10.8. The number of imidazole rings is 1. The molecule has 0 saturated heterocycles. The van der Waals surface area contributed by atoms with Crippen molar-refractivity contribution in [2.75, 3.05) is 0 Å². The van der Waals surface area contributed by atoms with Crippen molar-refractivity contribution in [1.82, 2.24) is 35.1 Å². The lowest BCUT2D eigenvalue weighted by Crippen LogP contribution is -1.91. The van der Waals surface area contributed by atoms with Crippen LogP contribution in [0.5, 0.6) is 0 Å². The highest BCUT2D eigenvalue weighted by atomic mass is 32.1. The zero-order chi connectivity index (χ0) is 22.5. The van der Waals surface area contributed by atoms with Crippen LogP contribution in [-0.2, 0) is 0 Å². The maximum absolute atomic E-state index is 15.6. The van der Waals surface area contributed by atoms with Crippen LogP contribution in [0.15, 0.2) is 55.1 Å². The quantitative estimate of drug-likeness (QED) is 0.361. The fourth-order valence-electron chi connectivity index (χ4n) is 3.73. The number of thiophene rings is 1. The molecule has 0 saturated carbocycles. The summed E-state index contributed by atoms with van der Waals surface area (Å²) in [7, 11) is 0. The van der Waals surface area contributed by atoms with Gasteiger partial charge in [-0.15, -0.1) is 11.3 Å². The SMILES string of the molecule is CC(=O)c1ccc(-c2nccc3[nH]c(-c4n[nH]c5ncc(-c6cccnc6)c(F)c45)nc23)s1. The summed E-state index contributed by atoms with van der Waals surface area (Å²) in [6.45, 7) is 1.53. The monoisotopic (exact) mass is 455 g/mol. The first-order chi connectivity index (χ1) is 16.1. The number of carbonyl (C=O) groups is 1. The Morgan fingerprint density at radius 2 is 1.97 bits per heavy atom. The van der Waals surface area contributed by atoms with Crippen molar-refractivity contribution in [3.05, 3.63) is 65.8 Å². The Morgan fingerprint density at radius 1 is 1.06 bits per heavy atom. The third-order valence-corrected chi connectivity index (χ3v) is 6.50. The molecule has 160 valence electrons. The first-order valence-electron chi connectivity index (χ1n) is 9.99. The van der Waals surface area contributed by atoms with Crippen molar-refractivity contribution in [3.63, 3.8) is 0 Å². The van der Waals surface area contributed by atoms with Gasteiger partial charge in [0.05, 0.1) is 20.7 Å². The Bertz CT molecular complexity index is 1670. The van der Waals surface area contributed by atoms with Gasteiger partial charge < -0.3 is 4.98 Å². The van der Waals surface area contributed by atoms with Crippen molar-refractivity contribution >= 4 is 39.2 Å². The Morgan fingerprint density at radius 3 is 2.76 bits per heavy atom. The number of Topliss-reactive ketones (excluding diaryl/α,β-unsaturated/α-hetero) is 1. The molecule has 0 aliphatic rings. The van der Waals surface area contributed by atoms with E-state index in [2.05, 4.69) is 30.1 Å². The lowest BCUT2D eigenvalue weighted by molar-refractivity contribution is 0.102. The van der Waals surface area contributed by atoms with Gasteiger partial charge in [-0.25, -0.2) is 14.4 Å². The molecule has 6 aromatic heterocycles. The number of nitrogens with zero attached hydrogens (tertiary/aromatic N) is 5. The molecule has 0 spiro atoms. The molecule has 0 aliphatic heterocycles. The van der Waals surface area contributed by atoms with E-state index in [0.717, 1.165) is 10.4 Å². The van der Waals surface area contributed by atoms with Gasteiger partial charge in [0.15, 0.2) is 17.3 Å². The molecule has 2 N–H and O–H groups in total. The number of hydrogen-bond acceptors (Lipinski definition) is 7. The highest BCUT2D eigenvalue weighted by molar-refractivity contribution is 7.17. The van der Waals surface area contributed by atoms with E-state index in [1.54, 1.807) is 42.9 Å². The number of H-pyrrole nitrogens is 2. The van der Waals surface area contributed by atoms with Gasteiger partial charge in [-0.2, -0.15) is 5.10 Å². The predicted molar refractivity (Wildman–Crippen MR) is 123 cm³/mol. The number of aromatic nitrogens is 7. The van der Waals surface area contributed by atoms with Crippen LogP contribution in [0.3, 0.4) is 0 Å². The molecule has 6 rings (SSSR count). The number of rotatable bonds is 4. The fraction of sp³-hybridized carbons (Fsp3) is 0.0435. The number of hydrogen-bond donors (Lipinski definition) is 2. The van der Waals surface area contributed by atoms with Gasteiger partial charge in [0.2, 0.25) is 0 Å². The molecular formula is C23H14FN7OS. The molecule has 0 atom stereocenters. The van der Waals surface area contributed by atoms with Gasteiger partial charge in [0.1, 0.15) is 22.7 Å². The van der Waals surface area contributed by atoms with Gasteiger partial charge >= 0.3 is 0 Å². The molecule has 6 aromatic rings. The van der Waals surface area contributed by atoms with Gasteiger partial charge in [0, 0.05) is 35.9 Å². The molecule has 0 amide bonds. The van der Waals surface area contributed by atoms with Crippen molar-refractivity contribution in [3.8, 4) is 33.2 Å². The summed E-state index contributed by atoms with van der Waals surface area (Å²) < 4.78 is 15.6. The maximum Gasteiger partial charge on any atom is 0.169 e. The average Bonchev–Trinajstić information content (AvgIpc) is 3.57. The molecule has 0 aromatic carbocycles. The lowest BCUT2D eigenvalue weighted by Gasteiger charge is -2.03. The van der Waals surface area contributed by atoms with Crippen LogP contribution in [0.25, 0.3) is 55.3 Å². The fourth-order valence-corrected chi connectivity index (χ4v) is 4.63. The topological polar surface area (TPSA) is 113 Å². The molecular weight excluding hydrogens is 441 g/mol. The van der Waals surface area contributed by atoms with Gasteiger partial charge in [0.25, 0.3) is 0 Å². The van der Waals surface area contributed by atoms with E-state index in [1.807, 2.05) is 6.07 Å². The van der Waals surface area contributed by atoms with Crippen molar-refractivity contribution in [1.29, 1.82) is 0 Å². The molecule has 10 heteroatoms. The van der Waals surface area contributed by atoms with E-state index in [4.69, 9.17) is 4.98 Å². The standard InChI is InChI=1S/C23H14FN7OS/c1-11(32)15-4-5-16(33-15)20-19-14(6-8-26-20)28-23(29-19)21-17-18(24)13(10-27-22(17)31-30-21)12-3-2-7-25-9-12/h2-10H,1H3,(H,28,29)(H,27,30,31). The van der Waals surface area contributed by atoms with Gasteiger partial charge in [-0.3, -0.25) is 19.9 Å². The summed E-state index contributed by atoms with van der Waals surface area (Å²) in [4.78, 5) is 34.0. The molecule has 0 radical (unpaired) electrons. The van der Waals surface area contributed by atoms with E-state index in [1.165, 1.54) is 24.5 Å². The minimum absolute atomic E-state index is 0.00321. The molecule has 0 aliphatic carbocycles. The predicted octanol–water partition coefficient (Wildman–Crippen LogP) is 5.03. The van der Waals surface area contributed by atoms with E-state index in [0.29, 0.717) is 44.4 Å². The second-order valence-electron chi connectivity index (χ2n) is 7.38. The Balaban J connectivity index is 1.52. The summed E-state index contributed by atoms with van der Waals surface area (Å²) in [6, 6.07) is 8.93. The summed E-state index contributed by atoms with van der Waals surface area (Å²) in [5.41, 5.74) is 3.55. The normalized spacial score (nSPS) is 11.5. The van der Waals surface area contributed by atoms with Gasteiger partial charge in [-0.1, -0.05) is 6.07 Å². The minimum Gasteiger partial charge on any atom is -0.336 e. The molecule has 6 heterocycles. The number of nitrogens with one attached hydrogen (secondary N) is 2. The molecule has 0 unspecified atom stereocenters. The molecule has 8 nitrogen and oxygen atoms in total. The molecule has 33 heavy (non-hydrogen) atoms. The minimum atomic E-state index is -0.458. The van der Waals surface area contributed by atoms with Crippen LogP contribution in [0.1, 0.15) is 16.6 Å². The number of aromatic amines is 2. The highest BCUT2D eigenvalue weighted by Gasteiger charge is 2.21. The molecule has 0 fully saturated rings. The smallest absolute Gasteiger partial charge is 0.169 e. The summed E-state index contributed by atoms with van der Waals surface area (Å²) in [5, 5.41) is 7.31. The van der Waals surface area contributed by atoms with Crippen LogP contribution in [0.4, 0.5) is 4.39 Å². The number of carbonyl (C=O) groups excluding carboxylic acids is 1. The van der Waals surface area contributed by atoms with Crippen molar-refractivity contribution in [2.24, 2.45) is 0 Å². The zero-order valence-electron chi connectivity index (χ0n) is 17.1. The first kappa shape index (κ1) is 19.4. The third kappa shape index (κ3) is 3.11. The Hall–Kier alpha value is -4.31. The lowest BCUT2D eigenvalue weighted by atomic mass is 10.1. The summed E-state index contributed by atoms with van der Waals surface area (Å²) in [6.07, 6.45) is 6.34. The number of ketones is 1. The summed E-state index contributed by atoms with van der Waals surface area (Å²) in [5.74, 6) is -0.0747. The largest absolute Gasteiger partial charge is 0.336 e. The van der Waals surface area contributed by atoms with Crippen LogP contribution in [0.2, 0.25) is 0 Å². The second-order valence-corrected chi connectivity index (χ2v) is 8.47. The zero-order valence-corrected chi connectivity index (χ0v) is 17.9. The van der Waals surface area contributed by atoms with Crippen LogP contribution >= 0.6 is 11.3 Å². The number of fused-ring (bicyclic) bond motifs is 2. The Kier molecular flexibility index (Phi) is 4.34. The molecule has 0 bridgehead atoms.